The van der Waals surface area contributed by atoms with Crippen LogP contribution in [0.2, 0.25) is 0 Å². The number of aromatic nitrogens is 4. The van der Waals surface area contributed by atoms with Crippen molar-refractivity contribution in [1.82, 2.24) is 29.2 Å². The molecular weight excluding hydrogens is 564 g/mol. The number of hydrogen-bond acceptors (Lipinski definition) is 9. The first-order valence-electron chi connectivity index (χ1n) is 13.1. The van der Waals surface area contributed by atoms with Crippen LogP contribution < -0.4 is 9.62 Å². The molecule has 3 aromatic heterocycles. The summed E-state index contributed by atoms with van der Waals surface area (Å²) in [6.07, 6.45) is 2.22. The Morgan fingerprint density at radius 2 is 1.98 bits per heavy atom. The van der Waals surface area contributed by atoms with Gasteiger partial charge < -0.3 is 14.5 Å². The highest BCUT2D eigenvalue weighted by molar-refractivity contribution is 7.89. The molecule has 3 fully saturated rings. The van der Waals surface area contributed by atoms with Crippen molar-refractivity contribution in [1.29, 1.82) is 0 Å². The van der Waals surface area contributed by atoms with Crippen LogP contribution in [0.5, 0.6) is 0 Å². The molecule has 15 heteroatoms. The van der Waals surface area contributed by atoms with Crippen molar-refractivity contribution in [2.45, 2.75) is 75.5 Å². The molecule has 1 N–H and O–H groups in total. The van der Waals surface area contributed by atoms with Gasteiger partial charge in [-0.2, -0.15) is 0 Å². The van der Waals surface area contributed by atoms with Crippen molar-refractivity contribution >= 4 is 38.7 Å². The van der Waals surface area contributed by atoms with E-state index in [2.05, 4.69) is 24.8 Å². The Balaban J connectivity index is 1.40. The first kappa shape index (κ1) is 27.3. The molecule has 2 unspecified atom stereocenters. The summed E-state index contributed by atoms with van der Waals surface area (Å²) in [5.74, 6) is 0.403. The summed E-state index contributed by atoms with van der Waals surface area (Å²) >= 11 is 0.715. The number of likely N-dealkylation sites (tertiary alicyclic amines) is 1. The second-order valence-corrected chi connectivity index (χ2v) is 14.8. The van der Waals surface area contributed by atoms with E-state index in [4.69, 9.17) is 4.74 Å². The maximum atomic E-state index is 13.5. The number of ether oxygens (including phenoxy) is 1. The topological polar surface area (TPSA) is 122 Å². The molecule has 2 saturated heterocycles. The van der Waals surface area contributed by atoms with Gasteiger partial charge in [0.25, 0.3) is 6.43 Å². The lowest BCUT2D eigenvalue weighted by molar-refractivity contribution is 0.0233. The van der Waals surface area contributed by atoms with Crippen LogP contribution in [0.25, 0.3) is 16.3 Å². The number of nitrogens with zero attached hydrogens (tertiary/aromatic N) is 6. The molecular formula is C25H31F2N7O4S2. The predicted molar refractivity (Wildman–Crippen MR) is 144 cm³/mol. The summed E-state index contributed by atoms with van der Waals surface area (Å²) in [7, 11) is -3.91. The molecule has 0 aromatic carbocycles. The summed E-state index contributed by atoms with van der Waals surface area (Å²) in [5, 5.41) is 7.19. The Morgan fingerprint density at radius 3 is 2.62 bits per heavy atom. The number of halogens is 2. The molecule has 1 amide bonds. The Labute approximate surface area is 234 Å². The summed E-state index contributed by atoms with van der Waals surface area (Å²) in [6.45, 7) is 8.99. The van der Waals surface area contributed by atoms with Gasteiger partial charge in [-0.3, -0.25) is 4.40 Å². The van der Waals surface area contributed by atoms with Gasteiger partial charge in [0, 0.05) is 31.4 Å². The maximum absolute atomic E-state index is 13.5. The average molecular weight is 596 g/mol. The van der Waals surface area contributed by atoms with E-state index < -0.39 is 32.6 Å². The molecule has 3 aliphatic rings. The number of imidazole rings is 1. The van der Waals surface area contributed by atoms with Crippen molar-refractivity contribution in [3.05, 3.63) is 23.5 Å². The lowest BCUT2D eigenvalue weighted by atomic mass is 9.99. The van der Waals surface area contributed by atoms with E-state index in [1.807, 2.05) is 27.7 Å². The molecule has 1 aliphatic carbocycles. The number of piperidine rings is 1. The molecule has 2 atom stereocenters. The lowest BCUT2D eigenvalue weighted by Gasteiger charge is -2.35. The molecule has 216 valence electrons. The minimum Gasteiger partial charge on any atom is -0.444 e. The molecule has 2 aliphatic heterocycles. The van der Waals surface area contributed by atoms with E-state index in [1.54, 1.807) is 21.6 Å². The number of anilines is 1. The second-order valence-electron chi connectivity index (χ2n) is 12.1. The van der Waals surface area contributed by atoms with Gasteiger partial charge in [0.1, 0.15) is 10.5 Å². The Morgan fingerprint density at radius 1 is 1.23 bits per heavy atom. The van der Waals surface area contributed by atoms with Crippen molar-refractivity contribution in [2.75, 3.05) is 24.5 Å². The number of alkyl halides is 2. The standard InChI is InChI=1S/C25H31F2N7O4S2/c1-24(2,3)38-23(35)33-11-14-7-15(33)12-32(10-14)17-8-16(40(36,37)31-25(4)5-6-25)13-34-18(17)9-28-20(34)22-30-29-21(39-22)19(26)27/h8-9,13-15,19,31H,5-7,10-12H2,1-4H3. The summed E-state index contributed by atoms with van der Waals surface area (Å²) in [4.78, 5) is 21.2. The normalized spacial score (nSPS) is 22.4. The van der Waals surface area contributed by atoms with Crippen LogP contribution in [0.3, 0.4) is 0 Å². The van der Waals surface area contributed by atoms with Crippen LogP contribution in [0.1, 0.15) is 58.4 Å². The van der Waals surface area contributed by atoms with Crippen molar-refractivity contribution in [3.63, 3.8) is 0 Å². The van der Waals surface area contributed by atoms with Gasteiger partial charge in [0.15, 0.2) is 15.8 Å². The smallest absolute Gasteiger partial charge is 0.410 e. The fourth-order valence-corrected chi connectivity index (χ4v) is 7.57. The van der Waals surface area contributed by atoms with E-state index in [0.29, 0.717) is 42.2 Å². The summed E-state index contributed by atoms with van der Waals surface area (Å²) < 4.78 is 63.4. The van der Waals surface area contributed by atoms with Crippen LogP contribution in [-0.4, -0.2) is 75.8 Å². The Hall–Kier alpha value is -2.91. The summed E-state index contributed by atoms with van der Waals surface area (Å²) in [5.41, 5.74) is 0.124. The number of carbonyl (C=O) groups is 1. The highest BCUT2D eigenvalue weighted by atomic mass is 32.2. The third kappa shape index (κ3) is 5.14. The molecule has 0 spiro atoms. The SMILES string of the molecule is CC1(NS(=O)(=O)c2cc(N3CC4CC(C3)N(C(=O)OC(C)(C)C)C4)c3cnc(-c4nnc(C(F)F)s4)n3c2)CC1. The third-order valence-electron chi connectivity index (χ3n) is 7.48. The van der Waals surface area contributed by atoms with Crippen molar-refractivity contribution < 1.29 is 26.7 Å². The highest BCUT2D eigenvalue weighted by Crippen LogP contribution is 2.39. The van der Waals surface area contributed by atoms with Gasteiger partial charge >= 0.3 is 6.09 Å². The first-order chi connectivity index (χ1) is 18.7. The van der Waals surface area contributed by atoms with Gasteiger partial charge in [-0.05, 0) is 58.9 Å². The summed E-state index contributed by atoms with van der Waals surface area (Å²) in [6, 6.07) is 1.53. The number of amides is 1. The number of nitrogens with one attached hydrogen (secondary N) is 1. The largest absolute Gasteiger partial charge is 0.444 e. The maximum Gasteiger partial charge on any atom is 0.410 e. The molecule has 0 radical (unpaired) electrons. The number of rotatable bonds is 6. The first-order valence-corrected chi connectivity index (χ1v) is 15.4. The Bertz CT molecular complexity index is 1580. The molecule has 1 saturated carbocycles. The van der Waals surface area contributed by atoms with Gasteiger partial charge in [0.05, 0.1) is 23.4 Å². The van der Waals surface area contributed by atoms with E-state index in [-0.39, 0.29) is 33.8 Å². The lowest BCUT2D eigenvalue weighted by Crippen LogP contribution is -2.45. The van der Waals surface area contributed by atoms with Gasteiger partial charge in [0.2, 0.25) is 10.0 Å². The fourth-order valence-electron chi connectivity index (χ4n) is 5.40. The predicted octanol–water partition coefficient (Wildman–Crippen LogP) is 4.07. The zero-order valence-electron chi connectivity index (χ0n) is 22.6. The Kier molecular flexibility index (Phi) is 6.35. The molecule has 6 rings (SSSR count). The quantitative estimate of drug-likeness (QED) is 0.453. The molecule has 3 aromatic rings. The van der Waals surface area contributed by atoms with E-state index in [0.717, 1.165) is 19.3 Å². The van der Waals surface area contributed by atoms with E-state index >= 15 is 0 Å². The number of hydrogen-bond donors (Lipinski definition) is 1. The van der Waals surface area contributed by atoms with Crippen LogP contribution >= 0.6 is 11.3 Å². The van der Waals surface area contributed by atoms with Gasteiger partial charge in [-0.25, -0.2) is 31.7 Å². The van der Waals surface area contributed by atoms with E-state index in [1.165, 1.54) is 6.20 Å². The monoisotopic (exact) mass is 595 g/mol. The van der Waals surface area contributed by atoms with Crippen LogP contribution in [0.4, 0.5) is 19.3 Å². The van der Waals surface area contributed by atoms with Crippen LogP contribution in [0, 0.1) is 5.92 Å². The second kappa shape index (κ2) is 9.31. The van der Waals surface area contributed by atoms with Crippen molar-refractivity contribution in [3.8, 4) is 10.8 Å². The van der Waals surface area contributed by atoms with Crippen LogP contribution in [0.15, 0.2) is 23.4 Å². The van der Waals surface area contributed by atoms with Crippen molar-refractivity contribution in [2.24, 2.45) is 5.92 Å². The minimum atomic E-state index is -3.91. The molecule has 40 heavy (non-hydrogen) atoms. The fraction of sp³-hybridized carbons (Fsp3) is 0.600. The average Bonchev–Trinajstić information content (AvgIpc) is 3.21. The number of fused-ring (bicyclic) bond motifs is 3. The molecule has 11 nitrogen and oxygen atoms in total. The zero-order chi connectivity index (χ0) is 28.6. The number of carbonyl (C=O) groups excluding carboxylic acids is 1. The molecule has 5 heterocycles. The van der Waals surface area contributed by atoms with Crippen LogP contribution in [-0.2, 0) is 14.8 Å². The van der Waals surface area contributed by atoms with E-state index in [9.17, 15) is 22.0 Å². The van der Waals surface area contributed by atoms with Gasteiger partial charge in [-0.1, -0.05) is 11.3 Å². The zero-order valence-corrected chi connectivity index (χ0v) is 24.2. The minimum absolute atomic E-state index is 0.0305. The number of sulfonamides is 1. The molecule has 2 bridgehead atoms. The number of pyridine rings is 1. The van der Waals surface area contributed by atoms with Gasteiger partial charge in [-0.15, -0.1) is 10.2 Å². The highest BCUT2D eigenvalue weighted by Gasteiger charge is 2.44. The third-order valence-corrected chi connectivity index (χ3v) is 10.0.